The van der Waals surface area contributed by atoms with Gasteiger partial charge in [-0.25, -0.2) is 0 Å². The van der Waals surface area contributed by atoms with E-state index in [1.165, 1.54) is 0 Å². The Hall–Kier alpha value is -2.62. The van der Waals surface area contributed by atoms with Gasteiger partial charge in [-0.15, -0.1) is 0 Å². The van der Waals surface area contributed by atoms with Crippen molar-refractivity contribution in [1.82, 2.24) is 0 Å². The number of hydrogen-bond donors (Lipinski definition) is 2. The van der Waals surface area contributed by atoms with Crippen molar-refractivity contribution in [2.75, 3.05) is 10.6 Å². The van der Waals surface area contributed by atoms with Gasteiger partial charge in [0, 0.05) is 23.7 Å². The second kappa shape index (κ2) is 7.98. The van der Waals surface area contributed by atoms with Gasteiger partial charge >= 0.3 is 0 Å². The van der Waals surface area contributed by atoms with Gasteiger partial charge in [0.25, 0.3) is 0 Å². The van der Waals surface area contributed by atoms with E-state index in [9.17, 15) is 9.59 Å². The molecule has 0 aliphatic heterocycles. The topological polar surface area (TPSA) is 58.2 Å². The van der Waals surface area contributed by atoms with Crippen molar-refractivity contribution in [2.45, 2.75) is 19.8 Å². The summed E-state index contributed by atoms with van der Waals surface area (Å²) in [4.78, 5) is 24.3. The van der Waals surface area contributed by atoms with E-state index < -0.39 is 0 Å². The molecule has 0 aromatic heterocycles. The fourth-order valence-corrected chi connectivity index (χ4v) is 2.15. The number of rotatable bonds is 6. The first-order valence-electron chi connectivity index (χ1n) is 7.40. The molecule has 1 atom stereocenters. The number of nitrogens with one attached hydrogen (secondary N) is 2. The van der Waals surface area contributed by atoms with Crippen LogP contribution >= 0.6 is 0 Å². The maximum Gasteiger partial charge on any atom is 0.227 e. The molecule has 0 radical (unpaired) electrons. The Balaban J connectivity index is 1.91. The highest BCUT2D eigenvalue weighted by Gasteiger charge is 2.20. The molecule has 4 nitrogen and oxygen atoms in total. The van der Waals surface area contributed by atoms with Crippen molar-refractivity contribution in [2.24, 2.45) is 5.92 Å². The Morgan fingerprint density at radius 2 is 1.36 bits per heavy atom. The minimum atomic E-state index is -0.344. The van der Waals surface area contributed by atoms with Crippen LogP contribution in [0.4, 0.5) is 11.4 Å². The van der Waals surface area contributed by atoms with Crippen LogP contribution in [0.5, 0.6) is 0 Å². The van der Waals surface area contributed by atoms with E-state index in [2.05, 4.69) is 10.6 Å². The van der Waals surface area contributed by atoms with Gasteiger partial charge in [0.15, 0.2) is 0 Å². The zero-order valence-electron chi connectivity index (χ0n) is 12.6. The number of carbonyl (C=O) groups is 2. The van der Waals surface area contributed by atoms with E-state index in [-0.39, 0.29) is 24.2 Å². The highest BCUT2D eigenvalue weighted by molar-refractivity contribution is 5.98. The van der Waals surface area contributed by atoms with E-state index >= 15 is 0 Å². The number of anilines is 2. The van der Waals surface area contributed by atoms with Crippen molar-refractivity contribution in [3.8, 4) is 0 Å². The van der Waals surface area contributed by atoms with Gasteiger partial charge in [-0.3, -0.25) is 9.59 Å². The SMILES string of the molecule is CC[C@H](CC(=O)Nc1ccccc1)C(=O)Nc1ccccc1. The summed E-state index contributed by atoms with van der Waals surface area (Å²) in [7, 11) is 0. The van der Waals surface area contributed by atoms with E-state index in [0.29, 0.717) is 6.42 Å². The van der Waals surface area contributed by atoms with Gasteiger partial charge in [0.1, 0.15) is 0 Å². The Labute approximate surface area is 130 Å². The molecule has 2 rings (SSSR count). The summed E-state index contributed by atoms with van der Waals surface area (Å²) >= 11 is 0. The Morgan fingerprint density at radius 1 is 0.864 bits per heavy atom. The summed E-state index contributed by atoms with van der Waals surface area (Å²) in [5.74, 6) is -0.623. The largest absolute Gasteiger partial charge is 0.326 e. The van der Waals surface area contributed by atoms with Crippen molar-refractivity contribution >= 4 is 23.2 Å². The molecule has 22 heavy (non-hydrogen) atoms. The highest BCUT2D eigenvalue weighted by Crippen LogP contribution is 2.15. The minimum Gasteiger partial charge on any atom is -0.326 e. The lowest BCUT2D eigenvalue weighted by Crippen LogP contribution is -2.27. The summed E-state index contributed by atoms with van der Waals surface area (Å²) < 4.78 is 0. The fraction of sp³-hybridized carbons (Fsp3) is 0.222. The van der Waals surface area contributed by atoms with Crippen LogP contribution in [0, 0.1) is 5.92 Å². The summed E-state index contributed by atoms with van der Waals surface area (Å²) in [6, 6.07) is 18.5. The second-order valence-electron chi connectivity index (χ2n) is 5.08. The molecule has 2 N–H and O–H groups in total. The van der Waals surface area contributed by atoms with E-state index in [0.717, 1.165) is 11.4 Å². The Morgan fingerprint density at radius 3 is 1.86 bits per heavy atom. The van der Waals surface area contributed by atoms with Gasteiger partial charge in [-0.2, -0.15) is 0 Å². The predicted molar refractivity (Wildman–Crippen MR) is 88.5 cm³/mol. The Kier molecular flexibility index (Phi) is 5.72. The van der Waals surface area contributed by atoms with Crippen LogP contribution in [0.3, 0.4) is 0 Å². The molecule has 0 unspecified atom stereocenters. The Bertz CT molecular complexity index is 611. The van der Waals surface area contributed by atoms with Gasteiger partial charge in [-0.05, 0) is 30.7 Å². The maximum absolute atomic E-state index is 12.2. The first kappa shape index (κ1) is 15.8. The van der Waals surface area contributed by atoms with E-state index in [4.69, 9.17) is 0 Å². The molecular weight excluding hydrogens is 276 g/mol. The lowest BCUT2D eigenvalue weighted by atomic mass is 10.0. The third-order valence-electron chi connectivity index (χ3n) is 3.39. The molecule has 0 saturated carbocycles. The zero-order valence-corrected chi connectivity index (χ0v) is 12.6. The molecular formula is C18H20N2O2. The summed E-state index contributed by atoms with van der Waals surface area (Å²) in [6.45, 7) is 1.91. The van der Waals surface area contributed by atoms with Crippen molar-refractivity contribution in [3.05, 3.63) is 60.7 Å². The zero-order chi connectivity index (χ0) is 15.8. The normalized spacial score (nSPS) is 11.5. The average molecular weight is 296 g/mol. The third kappa shape index (κ3) is 4.74. The highest BCUT2D eigenvalue weighted by atomic mass is 16.2. The molecule has 2 aromatic rings. The summed E-state index contributed by atoms with van der Waals surface area (Å²) in [5.41, 5.74) is 1.49. The van der Waals surface area contributed by atoms with Gasteiger partial charge in [-0.1, -0.05) is 43.3 Å². The van der Waals surface area contributed by atoms with Crippen molar-refractivity contribution in [1.29, 1.82) is 0 Å². The number of amides is 2. The van der Waals surface area contributed by atoms with Crippen molar-refractivity contribution in [3.63, 3.8) is 0 Å². The van der Waals surface area contributed by atoms with Crippen LogP contribution < -0.4 is 10.6 Å². The average Bonchev–Trinajstić information content (AvgIpc) is 2.54. The van der Waals surface area contributed by atoms with Crippen LogP contribution in [-0.4, -0.2) is 11.8 Å². The van der Waals surface area contributed by atoms with E-state index in [1.54, 1.807) is 0 Å². The molecule has 0 fully saturated rings. The molecule has 0 aliphatic carbocycles. The number of benzene rings is 2. The molecule has 0 saturated heterocycles. The fourth-order valence-electron chi connectivity index (χ4n) is 2.15. The van der Waals surface area contributed by atoms with Gasteiger partial charge < -0.3 is 10.6 Å². The lowest BCUT2D eigenvalue weighted by Gasteiger charge is -2.15. The first-order chi connectivity index (χ1) is 10.7. The summed E-state index contributed by atoms with van der Waals surface area (Å²) in [5, 5.41) is 5.65. The smallest absolute Gasteiger partial charge is 0.227 e. The first-order valence-corrected chi connectivity index (χ1v) is 7.40. The van der Waals surface area contributed by atoms with Crippen LogP contribution in [0.15, 0.2) is 60.7 Å². The molecule has 2 aromatic carbocycles. The van der Waals surface area contributed by atoms with Crippen molar-refractivity contribution < 1.29 is 9.59 Å². The molecule has 0 aliphatic rings. The number of carbonyl (C=O) groups excluding carboxylic acids is 2. The minimum absolute atomic E-state index is 0.128. The summed E-state index contributed by atoms with van der Waals surface area (Å²) in [6.07, 6.45) is 0.783. The van der Waals surface area contributed by atoms with Gasteiger partial charge in [0.2, 0.25) is 11.8 Å². The monoisotopic (exact) mass is 296 g/mol. The number of hydrogen-bond acceptors (Lipinski definition) is 2. The van der Waals surface area contributed by atoms with Gasteiger partial charge in [0.05, 0.1) is 0 Å². The molecule has 4 heteroatoms. The van der Waals surface area contributed by atoms with Crippen LogP contribution in [0.1, 0.15) is 19.8 Å². The maximum atomic E-state index is 12.2. The number of para-hydroxylation sites is 2. The second-order valence-corrected chi connectivity index (χ2v) is 5.08. The molecule has 0 bridgehead atoms. The lowest BCUT2D eigenvalue weighted by molar-refractivity contribution is -0.125. The van der Waals surface area contributed by atoms with Crippen LogP contribution in [-0.2, 0) is 9.59 Å². The predicted octanol–water partition coefficient (Wildman–Crippen LogP) is 3.68. The quantitative estimate of drug-likeness (QED) is 0.854. The molecule has 114 valence electrons. The van der Waals surface area contributed by atoms with E-state index in [1.807, 2.05) is 67.6 Å². The third-order valence-corrected chi connectivity index (χ3v) is 3.39. The molecule has 2 amide bonds. The van der Waals surface area contributed by atoms with Crippen LogP contribution in [0.25, 0.3) is 0 Å². The molecule has 0 spiro atoms. The molecule has 0 heterocycles. The van der Waals surface area contributed by atoms with Crippen LogP contribution in [0.2, 0.25) is 0 Å². The standard InChI is InChI=1S/C18H20N2O2/c1-2-14(18(22)20-16-11-7-4-8-12-16)13-17(21)19-15-9-5-3-6-10-15/h3-12,14H,2,13H2,1H3,(H,19,21)(H,20,22)/t14-/m1/s1.